The molecule has 2 saturated heterocycles. The number of hydrogen-bond acceptors (Lipinski definition) is 8. The maximum absolute atomic E-state index is 13.3. The Bertz CT molecular complexity index is 1370. The third-order valence-electron chi connectivity index (χ3n) is 6.73. The van der Waals surface area contributed by atoms with Gasteiger partial charge in [-0.1, -0.05) is 0 Å². The van der Waals surface area contributed by atoms with Crippen LogP contribution >= 0.6 is 0 Å². The molecular weight excluding hydrogens is 485 g/mol. The van der Waals surface area contributed by atoms with Gasteiger partial charge in [-0.15, -0.1) is 5.10 Å². The number of aromatic nitrogens is 3. The first kappa shape index (κ1) is 24.5. The minimum atomic E-state index is -3.81. The average molecular weight is 514 g/mol. The molecule has 0 aliphatic carbocycles. The number of sulfonamides is 1. The van der Waals surface area contributed by atoms with E-state index in [4.69, 9.17) is 10.1 Å². The molecule has 12 heteroatoms. The summed E-state index contributed by atoms with van der Waals surface area (Å²) in [4.78, 5) is 3.54. The monoisotopic (exact) mass is 513 g/mol. The molecule has 10 nitrogen and oxygen atoms in total. The Morgan fingerprint density at radius 2 is 1.94 bits per heavy atom. The normalized spacial score (nSPS) is 19.7. The molecule has 3 aromatic rings. The van der Waals surface area contributed by atoms with E-state index >= 15 is 0 Å². The molecular formula is C24H28FN7O3S. The Labute approximate surface area is 209 Å². The van der Waals surface area contributed by atoms with Gasteiger partial charge in [-0.05, 0) is 54.4 Å². The third kappa shape index (κ3) is 4.64. The Morgan fingerprint density at radius 3 is 2.56 bits per heavy atom. The Kier molecular flexibility index (Phi) is 6.60. The second kappa shape index (κ2) is 9.69. The van der Waals surface area contributed by atoms with Crippen molar-refractivity contribution in [3.63, 3.8) is 0 Å². The number of aryl methyl sites for hydroxylation is 2. The highest BCUT2D eigenvalue weighted by atomic mass is 32.2. The van der Waals surface area contributed by atoms with Gasteiger partial charge in [-0.3, -0.25) is 4.90 Å². The second-order valence-corrected chi connectivity index (χ2v) is 10.9. The van der Waals surface area contributed by atoms with Gasteiger partial charge < -0.3 is 15.5 Å². The fraction of sp³-hybridized carbons (Fsp3) is 0.375. The quantitative estimate of drug-likeness (QED) is 0.466. The average Bonchev–Trinajstić information content (AvgIpc) is 3.27. The van der Waals surface area contributed by atoms with E-state index in [1.54, 1.807) is 19.2 Å². The summed E-state index contributed by atoms with van der Waals surface area (Å²) in [7, 11) is -2.22. The molecule has 2 fully saturated rings. The number of halogens is 1. The van der Waals surface area contributed by atoms with Gasteiger partial charge in [0.15, 0.2) is 0 Å². The Balaban J connectivity index is 1.48. The van der Waals surface area contributed by atoms with Crippen molar-refractivity contribution in [1.29, 1.82) is 5.41 Å². The highest BCUT2D eigenvalue weighted by Gasteiger charge is 2.41. The van der Waals surface area contributed by atoms with Crippen LogP contribution in [0.15, 0.2) is 47.6 Å². The van der Waals surface area contributed by atoms with E-state index in [-0.39, 0.29) is 29.5 Å². The smallest absolute Gasteiger partial charge is 0.264 e. The minimum Gasteiger partial charge on any atom is -0.378 e. The fourth-order valence-electron chi connectivity index (χ4n) is 4.71. The fourth-order valence-corrected chi connectivity index (χ4v) is 6.04. The van der Waals surface area contributed by atoms with Crippen LogP contribution in [0, 0.1) is 18.2 Å². The predicted octanol–water partition coefficient (Wildman–Crippen LogP) is 2.45. The molecule has 2 N–H and O–H groups in total. The standard InChI is InChI=1S/C24H28FN7O3S/c1-16-9-22(28-19-5-3-18(25)4-6-19)17(11-26)10-21(16)23-13-31(7-8-32(23)20-14-35-15-20)36(33,34)24-12-27-30(2)29-24/h3-6,9-12,20,23,26,28H,7-8,13-15H2,1-2H3/t23-/m1/s1. The van der Waals surface area contributed by atoms with Gasteiger partial charge in [0.05, 0.1) is 25.5 Å². The summed E-state index contributed by atoms with van der Waals surface area (Å²) in [5, 5.41) is 19.2. The molecule has 0 saturated carbocycles. The Hall–Kier alpha value is -3.19. The summed E-state index contributed by atoms with van der Waals surface area (Å²) >= 11 is 0. The van der Waals surface area contributed by atoms with Gasteiger partial charge in [0.1, 0.15) is 5.82 Å². The van der Waals surface area contributed by atoms with Crippen molar-refractivity contribution < 1.29 is 17.5 Å². The summed E-state index contributed by atoms with van der Waals surface area (Å²) in [6, 6.07) is 9.89. The zero-order valence-electron chi connectivity index (χ0n) is 20.1. The summed E-state index contributed by atoms with van der Waals surface area (Å²) in [6.45, 7) is 4.32. The molecule has 0 spiro atoms. The van der Waals surface area contributed by atoms with Gasteiger partial charge in [-0.2, -0.15) is 14.2 Å². The summed E-state index contributed by atoms with van der Waals surface area (Å²) in [5.74, 6) is -0.322. The lowest BCUT2D eigenvalue weighted by Gasteiger charge is -2.47. The molecule has 36 heavy (non-hydrogen) atoms. The number of anilines is 2. The molecule has 190 valence electrons. The summed E-state index contributed by atoms with van der Waals surface area (Å²) in [6.07, 6.45) is 2.54. The number of hydrogen-bond donors (Lipinski definition) is 2. The van der Waals surface area contributed by atoms with Crippen LogP contribution in [0.1, 0.15) is 22.7 Å². The lowest BCUT2D eigenvalue weighted by molar-refractivity contribution is -0.0912. The molecule has 0 unspecified atom stereocenters. The van der Waals surface area contributed by atoms with Gasteiger partial charge in [0, 0.05) is 55.9 Å². The number of ether oxygens (including phenoxy) is 1. The van der Waals surface area contributed by atoms with Crippen molar-refractivity contribution in [2.45, 2.75) is 24.0 Å². The largest absolute Gasteiger partial charge is 0.378 e. The van der Waals surface area contributed by atoms with Gasteiger partial charge in [0.2, 0.25) is 5.03 Å². The van der Waals surface area contributed by atoms with Crippen LogP contribution in [0.3, 0.4) is 0 Å². The highest BCUT2D eigenvalue weighted by Crippen LogP contribution is 2.36. The first-order valence-corrected chi connectivity index (χ1v) is 13.1. The number of piperazine rings is 1. The van der Waals surface area contributed by atoms with Crippen LogP contribution < -0.4 is 5.32 Å². The Morgan fingerprint density at radius 1 is 1.19 bits per heavy atom. The molecule has 2 aliphatic rings. The molecule has 0 radical (unpaired) electrons. The number of benzene rings is 2. The minimum absolute atomic E-state index is 0.0695. The van der Waals surface area contributed by atoms with Gasteiger partial charge >= 0.3 is 0 Å². The lowest BCUT2D eigenvalue weighted by Crippen LogP contribution is -2.58. The lowest BCUT2D eigenvalue weighted by atomic mass is 9.93. The van der Waals surface area contributed by atoms with Crippen molar-refractivity contribution >= 4 is 27.6 Å². The summed E-state index contributed by atoms with van der Waals surface area (Å²) < 4.78 is 46.9. The van der Waals surface area contributed by atoms with Crippen LogP contribution in [-0.2, 0) is 21.8 Å². The zero-order valence-corrected chi connectivity index (χ0v) is 20.9. The number of rotatable bonds is 7. The molecule has 1 aromatic heterocycles. The maximum atomic E-state index is 13.3. The molecule has 0 bridgehead atoms. The van der Waals surface area contributed by atoms with E-state index in [9.17, 15) is 12.8 Å². The third-order valence-corrected chi connectivity index (χ3v) is 8.46. The second-order valence-electron chi connectivity index (χ2n) is 9.05. The van der Waals surface area contributed by atoms with Crippen molar-refractivity contribution in [1.82, 2.24) is 24.2 Å². The number of nitrogens with zero attached hydrogens (tertiary/aromatic N) is 5. The van der Waals surface area contributed by atoms with Crippen LogP contribution in [0.2, 0.25) is 0 Å². The SMILES string of the molecule is Cc1cc(Nc2ccc(F)cc2)c(C=N)cc1[C@H]1CN(S(=O)(=O)c2cnn(C)n2)CCN1C1COC1. The summed E-state index contributed by atoms with van der Waals surface area (Å²) in [5.41, 5.74) is 3.98. The molecule has 3 heterocycles. The molecule has 1 atom stereocenters. The first-order valence-electron chi connectivity index (χ1n) is 11.6. The van der Waals surface area contributed by atoms with Crippen molar-refractivity contribution in [3.8, 4) is 0 Å². The van der Waals surface area contributed by atoms with E-state index in [0.29, 0.717) is 37.6 Å². The van der Waals surface area contributed by atoms with E-state index in [1.165, 1.54) is 33.6 Å². The maximum Gasteiger partial charge on any atom is 0.264 e. The van der Waals surface area contributed by atoms with Crippen LogP contribution in [0.5, 0.6) is 0 Å². The topological polar surface area (TPSA) is 116 Å². The van der Waals surface area contributed by atoms with E-state index in [1.807, 2.05) is 19.1 Å². The molecule has 5 rings (SSSR count). The van der Waals surface area contributed by atoms with Crippen molar-refractivity contribution in [2.75, 3.05) is 38.2 Å². The van der Waals surface area contributed by atoms with Crippen LogP contribution in [-0.4, -0.2) is 77.7 Å². The van der Waals surface area contributed by atoms with E-state index in [0.717, 1.165) is 16.8 Å². The molecule has 2 aliphatic heterocycles. The predicted molar refractivity (Wildman–Crippen MR) is 133 cm³/mol. The van der Waals surface area contributed by atoms with Crippen molar-refractivity contribution in [2.24, 2.45) is 7.05 Å². The zero-order chi connectivity index (χ0) is 25.4. The van der Waals surface area contributed by atoms with E-state index < -0.39 is 10.0 Å². The highest BCUT2D eigenvalue weighted by molar-refractivity contribution is 7.89. The van der Waals surface area contributed by atoms with Crippen LogP contribution in [0.25, 0.3) is 0 Å². The van der Waals surface area contributed by atoms with Gasteiger partial charge in [0.25, 0.3) is 10.0 Å². The van der Waals surface area contributed by atoms with Crippen LogP contribution in [0.4, 0.5) is 15.8 Å². The van der Waals surface area contributed by atoms with Crippen molar-refractivity contribution in [3.05, 3.63) is 65.1 Å². The molecule has 2 aromatic carbocycles. The van der Waals surface area contributed by atoms with E-state index in [2.05, 4.69) is 20.4 Å². The first-order chi connectivity index (χ1) is 17.3. The molecule has 0 amide bonds. The number of nitrogens with one attached hydrogen (secondary N) is 2. The van der Waals surface area contributed by atoms with Gasteiger partial charge in [-0.25, -0.2) is 12.8 Å².